The van der Waals surface area contributed by atoms with Crippen LogP contribution >= 0.6 is 0 Å². The van der Waals surface area contributed by atoms with Crippen molar-refractivity contribution in [2.45, 2.75) is 51.0 Å². The Labute approximate surface area is 166 Å². The molecule has 0 bridgehead atoms. The van der Waals surface area contributed by atoms with E-state index in [9.17, 15) is 4.79 Å². The summed E-state index contributed by atoms with van der Waals surface area (Å²) in [5.74, 6) is 1.03. The van der Waals surface area contributed by atoms with Gasteiger partial charge in [-0.05, 0) is 42.0 Å². The second-order valence-electron chi connectivity index (χ2n) is 8.28. The molecule has 5 rings (SSSR count). The standard InChI is InChI=1S/C24H27N3O/c28-22(12-11-17-6-1-2-7-17)27-15-13-20-19-9-3-4-10-21(19)26-23(20)24(27)18-8-5-14-25-16-18/h3-5,8-10,14,16-17,24,26H,1-2,6-7,11-13,15H2/t24-/m1/s1. The average Bonchev–Trinajstić information content (AvgIpc) is 3.39. The van der Waals surface area contributed by atoms with Gasteiger partial charge in [-0.3, -0.25) is 9.78 Å². The first-order chi connectivity index (χ1) is 13.8. The van der Waals surface area contributed by atoms with E-state index < -0.39 is 0 Å². The first kappa shape index (κ1) is 17.5. The third-order valence-electron chi connectivity index (χ3n) is 6.60. The molecule has 4 heteroatoms. The van der Waals surface area contributed by atoms with Crippen molar-refractivity contribution >= 4 is 16.8 Å². The van der Waals surface area contributed by atoms with Crippen molar-refractivity contribution in [3.8, 4) is 0 Å². The van der Waals surface area contributed by atoms with Gasteiger partial charge in [0.2, 0.25) is 5.91 Å². The molecular weight excluding hydrogens is 346 g/mol. The van der Waals surface area contributed by atoms with Gasteiger partial charge in [0.15, 0.2) is 0 Å². The van der Waals surface area contributed by atoms with E-state index in [0.717, 1.165) is 42.1 Å². The van der Waals surface area contributed by atoms with Gasteiger partial charge < -0.3 is 9.88 Å². The third kappa shape index (κ3) is 3.11. The van der Waals surface area contributed by atoms with Crippen molar-refractivity contribution in [3.05, 3.63) is 65.6 Å². The highest BCUT2D eigenvalue weighted by Gasteiger charge is 2.34. The maximum absolute atomic E-state index is 13.3. The predicted octanol–water partition coefficient (Wildman–Crippen LogP) is 5.01. The number of fused-ring (bicyclic) bond motifs is 3. The molecule has 3 heterocycles. The number of H-pyrrole nitrogens is 1. The zero-order chi connectivity index (χ0) is 18.9. The van der Waals surface area contributed by atoms with Crippen molar-refractivity contribution in [2.75, 3.05) is 6.54 Å². The molecule has 28 heavy (non-hydrogen) atoms. The first-order valence-electron chi connectivity index (χ1n) is 10.6. The smallest absolute Gasteiger partial charge is 0.223 e. The van der Waals surface area contributed by atoms with Crippen LogP contribution in [0, 0.1) is 5.92 Å². The minimum absolute atomic E-state index is 0.0686. The highest BCUT2D eigenvalue weighted by atomic mass is 16.2. The molecular formula is C24H27N3O. The van der Waals surface area contributed by atoms with Gasteiger partial charge in [-0.15, -0.1) is 0 Å². The lowest BCUT2D eigenvalue weighted by Gasteiger charge is -2.36. The Kier molecular flexibility index (Phi) is 4.63. The summed E-state index contributed by atoms with van der Waals surface area (Å²) in [6.07, 6.45) is 11.6. The van der Waals surface area contributed by atoms with Crippen LogP contribution < -0.4 is 0 Å². The van der Waals surface area contributed by atoms with Crippen LogP contribution in [0.15, 0.2) is 48.8 Å². The Hall–Kier alpha value is -2.62. The van der Waals surface area contributed by atoms with Crippen LogP contribution in [0.1, 0.15) is 61.4 Å². The summed E-state index contributed by atoms with van der Waals surface area (Å²) in [5.41, 5.74) is 4.75. The lowest BCUT2D eigenvalue weighted by atomic mass is 9.92. The maximum atomic E-state index is 13.3. The number of carbonyl (C=O) groups is 1. The summed E-state index contributed by atoms with van der Waals surface area (Å²) in [4.78, 5) is 23.3. The van der Waals surface area contributed by atoms with E-state index in [1.54, 1.807) is 6.20 Å². The molecule has 0 spiro atoms. The van der Waals surface area contributed by atoms with E-state index >= 15 is 0 Å². The second kappa shape index (κ2) is 7.42. The molecule has 1 N–H and O–H groups in total. The molecule has 3 aromatic rings. The molecule has 1 fully saturated rings. The number of para-hydroxylation sites is 1. The van der Waals surface area contributed by atoms with E-state index in [2.05, 4.69) is 45.2 Å². The SMILES string of the molecule is O=C(CCC1CCCC1)N1CCc2c([nH]c3ccccc23)[C@H]1c1cccnc1. The van der Waals surface area contributed by atoms with Crippen LogP contribution in [-0.4, -0.2) is 27.3 Å². The molecule has 0 unspecified atom stereocenters. The van der Waals surface area contributed by atoms with Gasteiger partial charge in [0, 0.05) is 42.0 Å². The zero-order valence-electron chi connectivity index (χ0n) is 16.2. The summed E-state index contributed by atoms with van der Waals surface area (Å²) < 4.78 is 0. The van der Waals surface area contributed by atoms with Crippen molar-refractivity contribution < 1.29 is 4.79 Å². The van der Waals surface area contributed by atoms with E-state index in [-0.39, 0.29) is 11.9 Å². The molecule has 2 aromatic heterocycles. The minimum Gasteiger partial charge on any atom is -0.356 e. The molecule has 0 radical (unpaired) electrons. The van der Waals surface area contributed by atoms with E-state index in [1.165, 1.54) is 36.6 Å². The summed E-state index contributed by atoms with van der Waals surface area (Å²) in [5, 5.41) is 1.28. The monoisotopic (exact) mass is 373 g/mol. The van der Waals surface area contributed by atoms with Gasteiger partial charge >= 0.3 is 0 Å². The van der Waals surface area contributed by atoms with Crippen molar-refractivity contribution in [3.63, 3.8) is 0 Å². The highest BCUT2D eigenvalue weighted by Crippen LogP contribution is 2.39. The number of hydrogen-bond acceptors (Lipinski definition) is 2. The first-order valence-corrected chi connectivity index (χ1v) is 10.6. The molecule has 1 atom stereocenters. The number of carbonyl (C=O) groups excluding carboxylic acids is 1. The van der Waals surface area contributed by atoms with Gasteiger partial charge in [-0.1, -0.05) is 49.9 Å². The third-order valence-corrected chi connectivity index (χ3v) is 6.60. The lowest BCUT2D eigenvalue weighted by Crippen LogP contribution is -2.40. The number of aromatic nitrogens is 2. The number of amides is 1. The number of hydrogen-bond donors (Lipinski definition) is 1. The van der Waals surface area contributed by atoms with Gasteiger partial charge in [0.1, 0.15) is 0 Å². The van der Waals surface area contributed by atoms with Crippen LogP contribution in [0.4, 0.5) is 0 Å². The molecule has 0 saturated heterocycles. The number of pyridine rings is 1. The zero-order valence-corrected chi connectivity index (χ0v) is 16.2. The van der Waals surface area contributed by atoms with Gasteiger partial charge in [-0.25, -0.2) is 0 Å². The second-order valence-corrected chi connectivity index (χ2v) is 8.28. The van der Waals surface area contributed by atoms with Crippen LogP contribution in [0.5, 0.6) is 0 Å². The van der Waals surface area contributed by atoms with Crippen LogP contribution in [0.25, 0.3) is 10.9 Å². The number of benzene rings is 1. The van der Waals surface area contributed by atoms with Crippen molar-refractivity contribution in [1.82, 2.24) is 14.9 Å². The number of aromatic amines is 1. The Morgan fingerprint density at radius 2 is 2.00 bits per heavy atom. The fourth-order valence-corrected chi connectivity index (χ4v) is 5.16. The summed E-state index contributed by atoms with van der Waals surface area (Å²) >= 11 is 0. The van der Waals surface area contributed by atoms with Crippen LogP contribution in [-0.2, 0) is 11.2 Å². The Morgan fingerprint density at radius 1 is 1.14 bits per heavy atom. The van der Waals surface area contributed by atoms with Gasteiger partial charge in [0.05, 0.1) is 6.04 Å². The molecule has 1 amide bonds. The molecule has 1 saturated carbocycles. The normalized spacial score (nSPS) is 19.9. The van der Waals surface area contributed by atoms with Crippen molar-refractivity contribution in [1.29, 1.82) is 0 Å². The largest absolute Gasteiger partial charge is 0.356 e. The Balaban J connectivity index is 1.49. The molecule has 2 aliphatic rings. The predicted molar refractivity (Wildman–Crippen MR) is 111 cm³/mol. The average molecular weight is 374 g/mol. The van der Waals surface area contributed by atoms with Crippen molar-refractivity contribution in [2.24, 2.45) is 5.92 Å². The molecule has 1 aliphatic carbocycles. The quantitative estimate of drug-likeness (QED) is 0.699. The number of nitrogens with zero attached hydrogens (tertiary/aromatic N) is 2. The van der Waals surface area contributed by atoms with E-state index in [1.807, 2.05) is 12.3 Å². The van der Waals surface area contributed by atoms with Gasteiger partial charge in [-0.2, -0.15) is 0 Å². The number of nitrogens with one attached hydrogen (secondary N) is 1. The van der Waals surface area contributed by atoms with Crippen LogP contribution in [0.3, 0.4) is 0 Å². The molecule has 144 valence electrons. The topological polar surface area (TPSA) is 49.0 Å². The Bertz CT molecular complexity index is 972. The minimum atomic E-state index is -0.0686. The van der Waals surface area contributed by atoms with E-state index in [4.69, 9.17) is 0 Å². The summed E-state index contributed by atoms with van der Waals surface area (Å²) in [6.45, 7) is 0.776. The molecule has 1 aromatic carbocycles. The fraction of sp³-hybridized carbons (Fsp3) is 0.417. The highest BCUT2D eigenvalue weighted by molar-refractivity contribution is 5.86. The molecule has 4 nitrogen and oxygen atoms in total. The maximum Gasteiger partial charge on any atom is 0.223 e. The fourth-order valence-electron chi connectivity index (χ4n) is 5.16. The van der Waals surface area contributed by atoms with E-state index in [0.29, 0.717) is 6.42 Å². The Morgan fingerprint density at radius 3 is 2.82 bits per heavy atom. The molecule has 1 aliphatic heterocycles. The summed E-state index contributed by atoms with van der Waals surface area (Å²) in [7, 11) is 0. The van der Waals surface area contributed by atoms with Gasteiger partial charge in [0.25, 0.3) is 0 Å². The number of rotatable bonds is 4. The van der Waals surface area contributed by atoms with Crippen LogP contribution in [0.2, 0.25) is 0 Å². The summed E-state index contributed by atoms with van der Waals surface area (Å²) in [6, 6.07) is 12.5. The lowest BCUT2D eigenvalue weighted by molar-refractivity contribution is -0.133.